The Kier molecular flexibility index (Phi) is 6.50. The van der Waals surface area contributed by atoms with Gasteiger partial charge in [-0.05, 0) is 30.3 Å². The van der Waals surface area contributed by atoms with E-state index in [2.05, 4.69) is 19.2 Å². The minimum atomic E-state index is -0.0908. The molecule has 0 aliphatic heterocycles. The first kappa shape index (κ1) is 13.5. The topological polar surface area (TPSA) is 12.0 Å². The maximum absolute atomic E-state index is 13.5. The molecule has 1 aromatic carbocycles. The quantitative estimate of drug-likeness (QED) is 0.787. The lowest BCUT2D eigenvalue weighted by Crippen LogP contribution is -2.33. The third-order valence-corrected chi connectivity index (χ3v) is 3.49. The average Bonchev–Trinajstić information content (AvgIpc) is 2.29. The van der Waals surface area contributed by atoms with E-state index in [1.807, 2.05) is 23.9 Å². The number of halogens is 1. The Morgan fingerprint density at radius 3 is 2.69 bits per heavy atom. The lowest BCUT2D eigenvalue weighted by molar-refractivity contribution is 0.545. The molecule has 1 aromatic rings. The number of thioether (sulfide) groups is 1. The molecular weight excluding hydrogens is 221 g/mol. The Hall–Kier alpha value is -0.540. The van der Waals surface area contributed by atoms with Crippen LogP contribution >= 0.6 is 11.8 Å². The molecule has 0 radical (unpaired) electrons. The zero-order chi connectivity index (χ0) is 11.8. The number of hydrogen-bond acceptors (Lipinski definition) is 2. The van der Waals surface area contributed by atoms with Crippen LogP contribution in [-0.4, -0.2) is 24.1 Å². The van der Waals surface area contributed by atoms with Crippen molar-refractivity contribution in [2.24, 2.45) is 0 Å². The minimum absolute atomic E-state index is 0.0908. The Morgan fingerprint density at radius 2 is 2.06 bits per heavy atom. The predicted molar refractivity (Wildman–Crippen MR) is 70.6 cm³/mol. The highest BCUT2D eigenvalue weighted by molar-refractivity contribution is 7.99. The van der Waals surface area contributed by atoms with E-state index < -0.39 is 0 Å². The maximum atomic E-state index is 13.5. The van der Waals surface area contributed by atoms with Gasteiger partial charge in [0.2, 0.25) is 0 Å². The summed E-state index contributed by atoms with van der Waals surface area (Å²) in [6.45, 7) is 5.17. The first-order valence-corrected chi connectivity index (χ1v) is 6.97. The molecule has 0 heterocycles. The summed E-state index contributed by atoms with van der Waals surface area (Å²) in [5.74, 6) is 2.06. The fourth-order valence-corrected chi connectivity index (χ4v) is 2.42. The summed E-state index contributed by atoms with van der Waals surface area (Å²) in [6, 6.07) is 7.41. The van der Waals surface area contributed by atoms with Crippen molar-refractivity contribution in [3.8, 4) is 0 Å². The summed E-state index contributed by atoms with van der Waals surface area (Å²) in [5.41, 5.74) is 0.810. The van der Waals surface area contributed by atoms with Crippen LogP contribution < -0.4 is 5.32 Å². The zero-order valence-corrected chi connectivity index (χ0v) is 10.8. The molecule has 0 amide bonds. The van der Waals surface area contributed by atoms with Crippen molar-refractivity contribution in [2.45, 2.75) is 26.3 Å². The second kappa shape index (κ2) is 7.69. The van der Waals surface area contributed by atoms with Crippen LogP contribution in [0.25, 0.3) is 0 Å². The van der Waals surface area contributed by atoms with Crippen LogP contribution in [-0.2, 0) is 6.42 Å². The maximum Gasteiger partial charge on any atom is 0.126 e. The summed E-state index contributed by atoms with van der Waals surface area (Å²) in [6.07, 6.45) is 0.771. The van der Waals surface area contributed by atoms with Crippen molar-refractivity contribution in [1.82, 2.24) is 5.32 Å². The molecule has 0 bridgehead atoms. The highest BCUT2D eigenvalue weighted by Gasteiger charge is 2.10. The molecular formula is C13H20FNS. The molecule has 1 nitrogen and oxygen atoms in total. The van der Waals surface area contributed by atoms with Gasteiger partial charge in [0.05, 0.1) is 0 Å². The number of hydrogen-bond donors (Lipinski definition) is 1. The van der Waals surface area contributed by atoms with Crippen LogP contribution in [0.4, 0.5) is 4.39 Å². The van der Waals surface area contributed by atoms with Crippen molar-refractivity contribution < 1.29 is 4.39 Å². The summed E-state index contributed by atoms with van der Waals surface area (Å²) < 4.78 is 13.5. The molecule has 0 spiro atoms. The molecule has 1 rings (SSSR count). The van der Waals surface area contributed by atoms with Crippen molar-refractivity contribution in [1.29, 1.82) is 0 Å². The molecule has 0 saturated carbocycles. The van der Waals surface area contributed by atoms with Crippen LogP contribution in [0.1, 0.15) is 19.4 Å². The first-order chi connectivity index (χ1) is 7.77. The SMILES string of the molecule is CCNC(CSCC)Cc1ccccc1F. The monoisotopic (exact) mass is 241 g/mol. The standard InChI is InChI=1S/C13H20FNS/c1-3-15-12(10-16-4-2)9-11-7-5-6-8-13(11)14/h5-8,12,15H,3-4,9-10H2,1-2H3. The van der Waals surface area contributed by atoms with Gasteiger partial charge in [-0.1, -0.05) is 32.0 Å². The molecule has 0 aromatic heterocycles. The highest BCUT2D eigenvalue weighted by atomic mass is 32.2. The third kappa shape index (κ3) is 4.54. The van der Waals surface area contributed by atoms with Gasteiger partial charge in [-0.25, -0.2) is 4.39 Å². The molecule has 0 saturated heterocycles. The summed E-state index contributed by atoms with van der Waals surface area (Å²) in [4.78, 5) is 0. The summed E-state index contributed by atoms with van der Waals surface area (Å²) in [5, 5.41) is 3.41. The summed E-state index contributed by atoms with van der Waals surface area (Å²) >= 11 is 1.90. The fourth-order valence-electron chi connectivity index (χ4n) is 1.67. The van der Waals surface area contributed by atoms with E-state index in [4.69, 9.17) is 0 Å². The van der Waals surface area contributed by atoms with Gasteiger partial charge in [0.1, 0.15) is 5.82 Å². The van der Waals surface area contributed by atoms with Gasteiger partial charge in [0.25, 0.3) is 0 Å². The number of likely N-dealkylation sites (N-methyl/N-ethyl adjacent to an activating group) is 1. The number of benzene rings is 1. The lowest BCUT2D eigenvalue weighted by Gasteiger charge is -2.17. The third-order valence-electron chi connectivity index (χ3n) is 2.44. The van der Waals surface area contributed by atoms with Crippen LogP contribution in [0, 0.1) is 5.82 Å². The van der Waals surface area contributed by atoms with Crippen LogP contribution in [0.15, 0.2) is 24.3 Å². The van der Waals surface area contributed by atoms with Gasteiger partial charge in [-0.15, -0.1) is 0 Å². The van der Waals surface area contributed by atoms with E-state index >= 15 is 0 Å². The van der Waals surface area contributed by atoms with Crippen LogP contribution in [0.3, 0.4) is 0 Å². The molecule has 90 valence electrons. The molecule has 1 N–H and O–H groups in total. The van der Waals surface area contributed by atoms with Gasteiger partial charge in [-0.2, -0.15) is 11.8 Å². The van der Waals surface area contributed by atoms with Crippen molar-refractivity contribution >= 4 is 11.8 Å². The Balaban J connectivity index is 2.56. The average molecular weight is 241 g/mol. The van der Waals surface area contributed by atoms with Crippen molar-refractivity contribution in [3.63, 3.8) is 0 Å². The largest absolute Gasteiger partial charge is 0.313 e. The first-order valence-electron chi connectivity index (χ1n) is 5.82. The molecule has 3 heteroatoms. The van der Waals surface area contributed by atoms with Gasteiger partial charge in [-0.3, -0.25) is 0 Å². The molecule has 0 aliphatic carbocycles. The van der Waals surface area contributed by atoms with Gasteiger partial charge >= 0.3 is 0 Å². The molecule has 16 heavy (non-hydrogen) atoms. The predicted octanol–water partition coefficient (Wildman–Crippen LogP) is 3.10. The number of rotatable bonds is 7. The summed E-state index contributed by atoms with van der Waals surface area (Å²) in [7, 11) is 0. The Morgan fingerprint density at radius 1 is 1.31 bits per heavy atom. The second-order valence-electron chi connectivity index (χ2n) is 3.71. The van der Waals surface area contributed by atoms with Crippen molar-refractivity contribution in [3.05, 3.63) is 35.6 Å². The smallest absolute Gasteiger partial charge is 0.126 e. The molecule has 1 unspecified atom stereocenters. The molecule has 0 aliphatic rings. The van der Waals surface area contributed by atoms with Gasteiger partial charge in [0, 0.05) is 11.8 Å². The van der Waals surface area contributed by atoms with E-state index in [9.17, 15) is 4.39 Å². The van der Waals surface area contributed by atoms with Crippen molar-refractivity contribution in [2.75, 3.05) is 18.1 Å². The zero-order valence-electron chi connectivity index (χ0n) is 10.0. The lowest BCUT2D eigenvalue weighted by atomic mass is 10.1. The van der Waals surface area contributed by atoms with E-state index in [1.165, 1.54) is 6.07 Å². The molecule has 1 atom stereocenters. The highest BCUT2D eigenvalue weighted by Crippen LogP contribution is 2.12. The van der Waals surface area contributed by atoms with E-state index in [0.29, 0.717) is 6.04 Å². The minimum Gasteiger partial charge on any atom is -0.313 e. The van der Waals surface area contributed by atoms with E-state index in [0.717, 1.165) is 30.0 Å². The van der Waals surface area contributed by atoms with Crippen LogP contribution in [0.2, 0.25) is 0 Å². The van der Waals surface area contributed by atoms with E-state index in [-0.39, 0.29) is 5.82 Å². The van der Waals surface area contributed by atoms with E-state index in [1.54, 1.807) is 6.07 Å². The van der Waals surface area contributed by atoms with Crippen LogP contribution in [0.5, 0.6) is 0 Å². The second-order valence-corrected chi connectivity index (χ2v) is 5.03. The molecule has 0 fully saturated rings. The Labute approximate surface area is 102 Å². The number of nitrogens with one attached hydrogen (secondary N) is 1. The van der Waals surface area contributed by atoms with Gasteiger partial charge in [0.15, 0.2) is 0 Å². The normalized spacial score (nSPS) is 12.7. The van der Waals surface area contributed by atoms with Gasteiger partial charge < -0.3 is 5.32 Å². The fraction of sp³-hybridized carbons (Fsp3) is 0.538. The Bertz CT molecular complexity index is 304.